The second-order valence-electron chi connectivity index (χ2n) is 4.19. The number of aromatic nitrogens is 3. The Morgan fingerprint density at radius 1 is 1.47 bits per heavy atom. The Bertz CT molecular complexity index is 455. The molecular weight excluding hydrogens is 216 g/mol. The summed E-state index contributed by atoms with van der Waals surface area (Å²) in [7, 11) is 0. The van der Waals surface area contributed by atoms with E-state index < -0.39 is 0 Å². The van der Waals surface area contributed by atoms with Gasteiger partial charge in [0.25, 0.3) is 0 Å². The van der Waals surface area contributed by atoms with Gasteiger partial charge in [-0.25, -0.2) is 0 Å². The van der Waals surface area contributed by atoms with Gasteiger partial charge >= 0.3 is 0 Å². The number of hydrogen-bond donors (Lipinski definition) is 1. The highest BCUT2D eigenvalue weighted by Crippen LogP contribution is 2.08. The van der Waals surface area contributed by atoms with Crippen LogP contribution in [0.25, 0.3) is 0 Å². The maximum atomic E-state index is 5.55. The molecule has 5 nitrogen and oxygen atoms in total. The Kier molecular flexibility index (Phi) is 3.82. The van der Waals surface area contributed by atoms with Gasteiger partial charge in [-0.15, -0.1) is 0 Å². The highest BCUT2D eigenvalue weighted by molar-refractivity contribution is 5.13. The van der Waals surface area contributed by atoms with Gasteiger partial charge in [0.05, 0.1) is 0 Å². The Labute approximate surface area is 100 Å². The summed E-state index contributed by atoms with van der Waals surface area (Å²) in [6.07, 6.45) is 4.93. The molecule has 0 aliphatic carbocycles. The van der Waals surface area contributed by atoms with Crippen LogP contribution < -0.4 is 5.73 Å². The maximum absolute atomic E-state index is 5.55. The first-order valence-electron chi connectivity index (χ1n) is 5.68. The molecule has 2 heterocycles. The van der Waals surface area contributed by atoms with Gasteiger partial charge in [-0.1, -0.05) is 18.1 Å². The first kappa shape index (κ1) is 11.7. The topological polar surface area (TPSA) is 77.8 Å². The zero-order valence-electron chi connectivity index (χ0n) is 9.84. The van der Waals surface area contributed by atoms with Gasteiger partial charge in [-0.2, -0.15) is 4.98 Å². The summed E-state index contributed by atoms with van der Waals surface area (Å²) >= 11 is 0. The van der Waals surface area contributed by atoms with Crippen LogP contribution in [-0.4, -0.2) is 21.7 Å². The first-order valence-corrected chi connectivity index (χ1v) is 5.68. The molecule has 0 aliphatic heterocycles. The lowest BCUT2D eigenvalue weighted by molar-refractivity contribution is 0.356. The smallest absolute Gasteiger partial charge is 0.226 e. The maximum Gasteiger partial charge on any atom is 0.226 e. The van der Waals surface area contributed by atoms with Gasteiger partial charge in [0.1, 0.15) is 0 Å². The van der Waals surface area contributed by atoms with Crippen molar-refractivity contribution in [3.8, 4) is 0 Å². The van der Waals surface area contributed by atoms with Crippen LogP contribution in [0.1, 0.15) is 24.2 Å². The largest absolute Gasteiger partial charge is 0.339 e. The molecular formula is C12H16N4O. The molecule has 0 aliphatic rings. The van der Waals surface area contributed by atoms with Gasteiger partial charge in [-0.3, -0.25) is 4.98 Å². The summed E-state index contributed by atoms with van der Waals surface area (Å²) < 4.78 is 5.17. The molecule has 0 amide bonds. The van der Waals surface area contributed by atoms with E-state index in [1.54, 1.807) is 12.4 Å². The molecule has 0 radical (unpaired) electrons. The molecule has 17 heavy (non-hydrogen) atoms. The minimum Gasteiger partial charge on any atom is -0.339 e. The van der Waals surface area contributed by atoms with Crippen molar-refractivity contribution in [2.75, 3.05) is 6.54 Å². The van der Waals surface area contributed by atoms with Crippen molar-refractivity contribution in [2.45, 2.75) is 19.8 Å². The highest BCUT2D eigenvalue weighted by Gasteiger charge is 2.10. The van der Waals surface area contributed by atoms with Crippen molar-refractivity contribution >= 4 is 0 Å². The number of hydrogen-bond acceptors (Lipinski definition) is 5. The van der Waals surface area contributed by atoms with Crippen molar-refractivity contribution in [3.63, 3.8) is 0 Å². The summed E-state index contributed by atoms with van der Waals surface area (Å²) in [5.74, 6) is 1.71. The molecule has 5 heteroatoms. The van der Waals surface area contributed by atoms with Crippen molar-refractivity contribution in [1.29, 1.82) is 0 Å². The Morgan fingerprint density at radius 3 is 3.06 bits per heavy atom. The average molecular weight is 232 g/mol. The quantitative estimate of drug-likeness (QED) is 0.837. The van der Waals surface area contributed by atoms with Crippen LogP contribution in [-0.2, 0) is 12.8 Å². The monoisotopic (exact) mass is 232 g/mol. The van der Waals surface area contributed by atoms with Crippen LogP contribution in [0.2, 0.25) is 0 Å². The molecule has 2 rings (SSSR count). The third kappa shape index (κ3) is 3.35. The molecule has 2 aromatic rings. The molecule has 2 N–H and O–H groups in total. The van der Waals surface area contributed by atoms with Crippen LogP contribution in [0.4, 0.5) is 0 Å². The van der Waals surface area contributed by atoms with E-state index in [9.17, 15) is 0 Å². The second kappa shape index (κ2) is 5.54. The number of nitrogens with two attached hydrogens (primary N) is 1. The molecule has 0 fully saturated rings. The standard InChI is InChI=1S/C12H16N4O/c1-9(7-13)5-12-15-11(16-17-12)6-10-3-2-4-14-8-10/h2-4,8-9H,5-7,13H2,1H3. The fourth-order valence-electron chi connectivity index (χ4n) is 1.51. The van der Waals surface area contributed by atoms with Crippen molar-refractivity contribution in [3.05, 3.63) is 41.8 Å². The lowest BCUT2D eigenvalue weighted by Gasteiger charge is -2.01. The molecule has 0 aromatic carbocycles. The van der Waals surface area contributed by atoms with E-state index >= 15 is 0 Å². The fourth-order valence-corrected chi connectivity index (χ4v) is 1.51. The molecule has 0 saturated carbocycles. The molecule has 0 bridgehead atoms. The minimum absolute atomic E-state index is 0.363. The van der Waals surface area contributed by atoms with E-state index in [0.717, 1.165) is 12.0 Å². The summed E-state index contributed by atoms with van der Waals surface area (Å²) in [5.41, 5.74) is 6.63. The molecule has 90 valence electrons. The molecule has 2 aromatic heterocycles. The van der Waals surface area contributed by atoms with Crippen LogP contribution in [0.5, 0.6) is 0 Å². The first-order chi connectivity index (χ1) is 8.28. The van der Waals surface area contributed by atoms with E-state index in [1.165, 1.54) is 0 Å². The van der Waals surface area contributed by atoms with Crippen LogP contribution in [0.3, 0.4) is 0 Å². The third-order valence-electron chi connectivity index (χ3n) is 2.52. The van der Waals surface area contributed by atoms with Crippen LogP contribution in [0.15, 0.2) is 29.0 Å². The molecule has 0 saturated heterocycles. The lowest BCUT2D eigenvalue weighted by Crippen LogP contribution is -2.13. The zero-order chi connectivity index (χ0) is 12.1. The van der Waals surface area contributed by atoms with Gasteiger partial charge in [0.15, 0.2) is 5.82 Å². The molecule has 0 spiro atoms. The summed E-state index contributed by atoms with van der Waals surface area (Å²) in [4.78, 5) is 8.38. The molecule has 1 atom stereocenters. The lowest BCUT2D eigenvalue weighted by atomic mass is 10.1. The van der Waals surface area contributed by atoms with Gasteiger partial charge in [0.2, 0.25) is 5.89 Å². The van der Waals surface area contributed by atoms with Crippen LogP contribution >= 0.6 is 0 Å². The second-order valence-corrected chi connectivity index (χ2v) is 4.19. The fraction of sp³-hybridized carbons (Fsp3) is 0.417. The summed E-state index contributed by atoms with van der Waals surface area (Å²) in [6, 6.07) is 3.89. The summed E-state index contributed by atoms with van der Waals surface area (Å²) in [5, 5.41) is 3.94. The number of rotatable bonds is 5. The van der Waals surface area contributed by atoms with E-state index in [2.05, 4.69) is 22.0 Å². The van der Waals surface area contributed by atoms with Gasteiger partial charge in [0, 0.05) is 25.2 Å². The Balaban J connectivity index is 1.99. The van der Waals surface area contributed by atoms with Crippen LogP contribution in [0, 0.1) is 5.92 Å². The van der Waals surface area contributed by atoms with E-state index in [4.69, 9.17) is 10.3 Å². The van der Waals surface area contributed by atoms with E-state index in [0.29, 0.717) is 30.6 Å². The Hall–Kier alpha value is -1.75. The summed E-state index contributed by atoms with van der Waals surface area (Å²) in [6.45, 7) is 2.69. The van der Waals surface area contributed by atoms with Crippen molar-refractivity contribution in [2.24, 2.45) is 11.7 Å². The highest BCUT2D eigenvalue weighted by atomic mass is 16.5. The van der Waals surface area contributed by atoms with Gasteiger partial charge < -0.3 is 10.3 Å². The minimum atomic E-state index is 0.363. The predicted molar refractivity (Wildman–Crippen MR) is 63.3 cm³/mol. The molecule has 1 unspecified atom stereocenters. The average Bonchev–Trinajstić information content (AvgIpc) is 2.77. The van der Waals surface area contributed by atoms with E-state index in [-0.39, 0.29) is 0 Å². The van der Waals surface area contributed by atoms with E-state index in [1.807, 2.05) is 12.1 Å². The number of nitrogens with zero attached hydrogens (tertiary/aromatic N) is 3. The van der Waals surface area contributed by atoms with Gasteiger partial charge in [-0.05, 0) is 24.1 Å². The zero-order valence-corrected chi connectivity index (χ0v) is 9.84. The normalized spacial score (nSPS) is 12.6. The third-order valence-corrected chi connectivity index (χ3v) is 2.52. The Morgan fingerprint density at radius 2 is 2.35 bits per heavy atom. The number of pyridine rings is 1. The predicted octanol–water partition coefficient (Wildman–Crippen LogP) is 1.19. The SMILES string of the molecule is CC(CN)Cc1nc(Cc2cccnc2)no1. The van der Waals surface area contributed by atoms with Crippen molar-refractivity contribution < 1.29 is 4.52 Å². The van der Waals surface area contributed by atoms with Crippen molar-refractivity contribution in [1.82, 2.24) is 15.1 Å².